The first-order chi connectivity index (χ1) is 9.52. The van der Waals surface area contributed by atoms with Gasteiger partial charge in [-0.25, -0.2) is 9.18 Å². The van der Waals surface area contributed by atoms with Crippen molar-refractivity contribution >= 4 is 27.9 Å². The smallest absolute Gasteiger partial charge is 0.409 e. The summed E-state index contributed by atoms with van der Waals surface area (Å²) in [6.45, 7) is 1.50. The fraction of sp³-hybridized carbons (Fsp3) is 0.385. The molecular weight excluding hydrogens is 331 g/mol. The Balaban J connectivity index is 2.03. The second-order valence-corrected chi connectivity index (χ2v) is 5.29. The lowest BCUT2D eigenvalue weighted by molar-refractivity contribution is 0.0595. The average Bonchev–Trinajstić information content (AvgIpc) is 2.46. The van der Waals surface area contributed by atoms with E-state index in [1.54, 1.807) is 6.07 Å². The Morgan fingerprint density at radius 3 is 2.35 bits per heavy atom. The maximum Gasteiger partial charge on any atom is 0.409 e. The summed E-state index contributed by atoms with van der Waals surface area (Å²) in [4.78, 5) is 26.6. The van der Waals surface area contributed by atoms with Crippen LogP contribution >= 0.6 is 15.9 Å². The highest BCUT2D eigenvalue weighted by molar-refractivity contribution is 9.10. The Morgan fingerprint density at radius 1 is 1.20 bits per heavy atom. The lowest BCUT2D eigenvalue weighted by Gasteiger charge is -2.33. The first-order valence-corrected chi connectivity index (χ1v) is 6.89. The molecule has 1 aliphatic heterocycles. The molecular formula is C13H14BrFN2O3. The van der Waals surface area contributed by atoms with E-state index in [1.165, 1.54) is 29.0 Å². The predicted molar refractivity (Wildman–Crippen MR) is 74.0 cm³/mol. The molecule has 0 N–H and O–H groups in total. The first kappa shape index (κ1) is 14.8. The van der Waals surface area contributed by atoms with E-state index in [4.69, 9.17) is 0 Å². The van der Waals surface area contributed by atoms with E-state index in [-0.39, 0.29) is 11.5 Å². The summed E-state index contributed by atoms with van der Waals surface area (Å²) in [7, 11) is 1.32. The number of rotatable bonds is 1. The van der Waals surface area contributed by atoms with Crippen molar-refractivity contribution in [1.82, 2.24) is 9.80 Å². The van der Waals surface area contributed by atoms with E-state index in [1.807, 2.05) is 0 Å². The lowest BCUT2D eigenvalue weighted by Crippen LogP contribution is -2.50. The molecule has 1 heterocycles. The number of benzene rings is 1. The van der Waals surface area contributed by atoms with Gasteiger partial charge in [0, 0.05) is 30.7 Å². The topological polar surface area (TPSA) is 49.9 Å². The van der Waals surface area contributed by atoms with E-state index in [9.17, 15) is 14.0 Å². The van der Waals surface area contributed by atoms with Crippen LogP contribution in [-0.4, -0.2) is 55.1 Å². The number of carbonyl (C=O) groups excluding carboxylic acids is 2. The fourth-order valence-electron chi connectivity index (χ4n) is 2.05. The van der Waals surface area contributed by atoms with Crippen LogP contribution in [0.25, 0.3) is 0 Å². The van der Waals surface area contributed by atoms with Crippen LogP contribution in [-0.2, 0) is 4.74 Å². The maximum atomic E-state index is 13.8. The second-order valence-electron chi connectivity index (χ2n) is 4.37. The molecule has 5 nitrogen and oxygen atoms in total. The number of piperazine rings is 1. The van der Waals surface area contributed by atoms with Crippen molar-refractivity contribution in [2.45, 2.75) is 0 Å². The molecule has 0 radical (unpaired) electrons. The van der Waals surface area contributed by atoms with Gasteiger partial charge >= 0.3 is 6.09 Å². The van der Waals surface area contributed by atoms with Gasteiger partial charge in [0.1, 0.15) is 5.82 Å². The van der Waals surface area contributed by atoms with Gasteiger partial charge in [0.05, 0.1) is 12.7 Å². The molecule has 0 saturated carbocycles. The molecule has 0 unspecified atom stereocenters. The Bertz CT molecular complexity index is 530. The number of ether oxygens (including phenoxy) is 1. The molecule has 0 bridgehead atoms. The van der Waals surface area contributed by atoms with Gasteiger partial charge < -0.3 is 14.5 Å². The summed E-state index contributed by atoms with van der Waals surface area (Å²) in [6, 6.07) is 4.34. The molecule has 1 aliphatic rings. The normalized spacial score (nSPS) is 15.2. The van der Waals surface area contributed by atoms with Gasteiger partial charge in [-0.3, -0.25) is 4.79 Å². The van der Waals surface area contributed by atoms with Gasteiger partial charge in [0.15, 0.2) is 0 Å². The molecule has 2 rings (SSSR count). The lowest BCUT2D eigenvalue weighted by atomic mass is 10.1. The number of amides is 2. The third-order valence-corrected chi connectivity index (χ3v) is 3.65. The molecule has 2 amide bonds. The minimum Gasteiger partial charge on any atom is -0.453 e. The largest absolute Gasteiger partial charge is 0.453 e. The van der Waals surface area contributed by atoms with Gasteiger partial charge in [-0.05, 0) is 18.2 Å². The molecule has 20 heavy (non-hydrogen) atoms. The number of nitrogens with zero attached hydrogens (tertiary/aromatic N) is 2. The molecule has 108 valence electrons. The molecule has 1 fully saturated rings. The minimum absolute atomic E-state index is 0.0414. The second kappa shape index (κ2) is 6.21. The highest BCUT2D eigenvalue weighted by Crippen LogP contribution is 2.17. The third-order valence-electron chi connectivity index (χ3n) is 3.16. The summed E-state index contributed by atoms with van der Waals surface area (Å²) in [5, 5.41) is 0. The summed E-state index contributed by atoms with van der Waals surface area (Å²) in [6.07, 6.45) is -0.410. The molecule has 0 spiro atoms. The van der Waals surface area contributed by atoms with E-state index < -0.39 is 11.9 Å². The van der Waals surface area contributed by atoms with Gasteiger partial charge in [0.2, 0.25) is 0 Å². The van der Waals surface area contributed by atoms with Crippen LogP contribution in [0.4, 0.5) is 9.18 Å². The Labute approximate surface area is 124 Å². The molecule has 0 atom stereocenters. The monoisotopic (exact) mass is 344 g/mol. The fourth-order valence-corrected chi connectivity index (χ4v) is 2.39. The number of halogens is 2. The van der Waals surface area contributed by atoms with Gasteiger partial charge in [-0.2, -0.15) is 0 Å². The molecule has 1 saturated heterocycles. The van der Waals surface area contributed by atoms with Crippen molar-refractivity contribution in [3.63, 3.8) is 0 Å². The molecule has 0 aromatic heterocycles. The zero-order valence-electron chi connectivity index (χ0n) is 10.9. The van der Waals surface area contributed by atoms with Crippen molar-refractivity contribution in [3.8, 4) is 0 Å². The highest BCUT2D eigenvalue weighted by Gasteiger charge is 2.26. The number of hydrogen-bond acceptors (Lipinski definition) is 3. The van der Waals surface area contributed by atoms with E-state index in [2.05, 4.69) is 20.7 Å². The standard InChI is InChI=1S/C13H14BrFN2O3/c1-20-13(19)17-6-4-16(5-7-17)12(18)10-3-2-9(14)8-11(10)15/h2-3,8H,4-7H2,1H3. The van der Waals surface area contributed by atoms with Crippen LogP contribution in [0.15, 0.2) is 22.7 Å². The van der Waals surface area contributed by atoms with Crippen molar-refractivity contribution in [3.05, 3.63) is 34.1 Å². The van der Waals surface area contributed by atoms with E-state index in [0.717, 1.165) is 0 Å². The summed E-state index contributed by atoms with van der Waals surface area (Å²) in [5.41, 5.74) is 0.0414. The molecule has 7 heteroatoms. The van der Waals surface area contributed by atoms with Gasteiger partial charge in [0.25, 0.3) is 5.91 Å². The van der Waals surface area contributed by atoms with Crippen LogP contribution in [0.5, 0.6) is 0 Å². The SMILES string of the molecule is COC(=O)N1CCN(C(=O)c2ccc(Br)cc2F)CC1. The van der Waals surface area contributed by atoms with E-state index >= 15 is 0 Å². The molecule has 1 aromatic carbocycles. The summed E-state index contributed by atoms with van der Waals surface area (Å²) in [5.74, 6) is -0.917. The van der Waals surface area contributed by atoms with Crippen molar-refractivity contribution in [1.29, 1.82) is 0 Å². The zero-order valence-corrected chi connectivity index (χ0v) is 12.5. The van der Waals surface area contributed by atoms with Crippen molar-refractivity contribution < 1.29 is 18.7 Å². The predicted octanol–water partition coefficient (Wildman–Crippen LogP) is 2.11. The Morgan fingerprint density at radius 2 is 1.80 bits per heavy atom. The molecule has 1 aromatic rings. The number of methoxy groups -OCH3 is 1. The Kier molecular flexibility index (Phi) is 4.59. The zero-order chi connectivity index (χ0) is 14.7. The average molecular weight is 345 g/mol. The highest BCUT2D eigenvalue weighted by atomic mass is 79.9. The van der Waals surface area contributed by atoms with Gasteiger partial charge in [-0.1, -0.05) is 15.9 Å². The minimum atomic E-state index is -0.556. The van der Waals surface area contributed by atoms with Crippen molar-refractivity contribution in [2.24, 2.45) is 0 Å². The summed E-state index contributed by atoms with van der Waals surface area (Å²) >= 11 is 3.15. The number of hydrogen-bond donors (Lipinski definition) is 0. The van der Waals surface area contributed by atoms with E-state index in [0.29, 0.717) is 30.7 Å². The van der Waals surface area contributed by atoms with Gasteiger partial charge in [-0.15, -0.1) is 0 Å². The Hall–Kier alpha value is -1.63. The summed E-state index contributed by atoms with van der Waals surface area (Å²) < 4.78 is 19.0. The first-order valence-electron chi connectivity index (χ1n) is 6.10. The maximum absolute atomic E-state index is 13.8. The van der Waals surface area contributed by atoms with Crippen molar-refractivity contribution in [2.75, 3.05) is 33.3 Å². The van der Waals surface area contributed by atoms with Crippen LogP contribution in [0.3, 0.4) is 0 Å². The third kappa shape index (κ3) is 3.09. The van der Waals surface area contributed by atoms with Crippen LogP contribution < -0.4 is 0 Å². The van der Waals surface area contributed by atoms with Crippen LogP contribution in [0.2, 0.25) is 0 Å². The number of carbonyl (C=O) groups is 2. The molecule has 0 aliphatic carbocycles. The quantitative estimate of drug-likeness (QED) is 0.783. The van der Waals surface area contributed by atoms with Crippen LogP contribution in [0, 0.1) is 5.82 Å². The van der Waals surface area contributed by atoms with Crippen LogP contribution in [0.1, 0.15) is 10.4 Å².